The summed E-state index contributed by atoms with van der Waals surface area (Å²) in [4.78, 5) is 12.2. The fourth-order valence-corrected chi connectivity index (χ4v) is 2.72. The Morgan fingerprint density at radius 1 is 1.08 bits per heavy atom. The molecule has 0 bridgehead atoms. The van der Waals surface area contributed by atoms with Gasteiger partial charge < -0.3 is 14.9 Å². The first-order chi connectivity index (χ1) is 11.4. The topological polar surface area (TPSA) is 66.8 Å². The van der Waals surface area contributed by atoms with E-state index in [9.17, 15) is 15.0 Å². The van der Waals surface area contributed by atoms with Gasteiger partial charge in [0.25, 0.3) is 0 Å². The van der Waals surface area contributed by atoms with Crippen molar-refractivity contribution in [2.75, 3.05) is 0 Å². The van der Waals surface area contributed by atoms with Gasteiger partial charge in [0.2, 0.25) is 0 Å². The summed E-state index contributed by atoms with van der Waals surface area (Å²) in [5, 5.41) is 20.5. The first kappa shape index (κ1) is 16.1. The zero-order chi connectivity index (χ0) is 17.3. The molecule has 1 heterocycles. The molecule has 0 amide bonds. The molecule has 24 heavy (non-hydrogen) atoms. The Balaban J connectivity index is 1.80. The minimum atomic E-state index is -0.815. The molecule has 0 saturated carbocycles. The van der Waals surface area contributed by atoms with Gasteiger partial charge in [-0.25, -0.2) is 0 Å². The van der Waals surface area contributed by atoms with E-state index in [0.29, 0.717) is 35.3 Å². The van der Waals surface area contributed by atoms with Gasteiger partial charge in [-0.05, 0) is 38.0 Å². The molecule has 0 unspecified atom stereocenters. The summed E-state index contributed by atoms with van der Waals surface area (Å²) in [7, 11) is 0. The number of aromatic hydroxyl groups is 1. The van der Waals surface area contributed by atoms with Crippen LogP contribution in [0.3, 0.4) is 0 Å². The SMILES string of the molecule is CC1(C)Oc2ccc(CCC(=O)c3ccccc3)c(O)c2C=C1O. The van der Waals surface area contributed by atoms with Crippen molar-refractivity contribution in [2.45, 2.75) is 32.3 Å². The zero-order valence-corrected chi connectivity index (χ0v) is 13.7. The van der Waals surface area contributed by atoms with E-state index < -0.39 is 5.60 Å². The summed E-state index contributed by atoms with van der Waals surface area (Å²) in [6.45, 7) is 3.51. The van der Waals surface area contributed by atoms with Crippen LogP contribution in [0, 0.1) is 0 Å². The summed E-state index contributed by atoms with van der Waals surface area (Å²) in [6, 6.07) is 12.6. The lowest BCUT2D eigenvalue weighted by Gasteiger charge is -2.31. The number of aryl methyl sites for hydroxylation is 1. The van der Waals surface area contributed by atoms with Gasteiger partial charge in [0.15, 0.2) is 11.4 Å². The van der Waals surface area contributed by atoms with Crippen LogP contribution in [0.4, 0.5) is 0 Å². The lowest BCUT2D eigenvalue weighted by atomic mass is 9.95. The predicted molar refractivity (Wildman–Crippen MR) is 92.5 cm³/mol. The Bertz CT molecular complexity index is 804. The predicted octanol–water partition coefficient (Wildman–Crippen LogP) is 4.28. The number of Topliss-reactive ketones (excluding diaryl/α,β-unsaturated/α-hetero) is 1. The second-order valence-corrected chi connectivity index (χ2v) is 6.42. The Hall–Kier alpha value is -2.75. The molecule has 3 rings (SSSR count). The van der Waals surface area contributed by atoms with Crippen molar-refractivity contribution in [2.24, 2.45) is 0 Å². The zero-order valence-electron chi connectivity index (χ0n) is 13.7. The largest absolute Gasteiger partial charge is 0.508 e. The molecular weight excluding hydrogens is 304 g/mol. The number of aliphatic hydroxyl groups is 1. The van der Waals surface area contributed by atoms with Crippen LogP contribution in [0.1, 0.15) is 41.8 Å². The Morgan fingerprint density at radius 3 is 2.50 bits per heavy atom. The maximum Gasteiger partial charge on any atom is 0.163 e. The molecule has 1 aliphatic rings. The third-order valence-corrected chi connectivity index (χ3v) is 4.24. The van der Waals surface area contributed by atoms with E-state index in [1.807, 2.05) is 18.2 Å². The number of phenols is 1. The highest BCUT2D eigenvalue weighted by molar-refractivity contribution is 5.96. The molecule has 0 spiro atoms. The molecule has 0 aromatic heterocycles. The highest BCUT2D eigenvalue weighted by atomic mass is 16.5. The van der Waals surface area contributed by atoms with Gasteiger partial charge in [0, 0.05) is 12.0 Å². The lowest BCUT2D eigenvalue weighted by molar-refractivity contribution is 0.0931. The summed E-state index contributed by atoms with van der Waals surface area (Å²) in [6.07, 6.45) is 2.25. The molecule has 0 aliphatic carbocycles. The average molecular weight is 324 g/mol. The van der Waals surface area contributed by atoms with Crippen LogP contribution in [-0.2, 0) is 6.42 Å². The van der Waals surface area contributed by atoms with E-state index in [1.54, 1.807) is 38.1 Å². The van der Waals surface area contributed by atoms with Crippen LogP contribution in [-0.4, -0.2) is 21.6 Å². The molecule has 2 N–H and O–H groups in total. The van der Waals surface area contributed by atoms with Crippen molar-refractivity contribution in [3.8, 4) is 11.5 Å². The monoisotopic (exact) mass is 324 g/mol. The van der Waals surface area contributed by atoms with Crippen molar-refractivity contribution < 1.29 is 19.7 Å². The number of carbonyl (C=O) groups is 1. The Kier molecular flexibility index (Phi) is 4.06. The second-order valence-electron chi connectivity index (χ2n) is 6.42. The second kappa shape index (κ2) is 6.04. The smallest absolute Gasteiger partial charge is 0.163 e. The molecule has 0 atom stereocenters. The molecule has 124 valence electrons. The minimum absolute atomic E-state index is 0.0310. The van der Waals surface area contributed by atoms with Crippen LogP contribution in [0.15, 0.2) is 48.2 Å². The van der Waals surface area contributed by atoms with Crippen molar-refractivity contribution in [3.63, 3.8) is 0 Å². The minimum Gasteiger partial charge on any atom is -0.508 e. The maximum absolute atomic E-state index is 12.2. The number of aliphatic hydroxyl groups excluding tert-OH is 1. The van der Waals surface area contributed by atoms with Crippen molar-refractivity contribution >= 4 is 11.9 Å². The van der Waals surface area contributed by atoms with E-state index in [0.717, 1.165) is 0 Å². The Labute approximate surface area is 141 Å². The molecule has 2 aromatic rings. The molecule has 4 nitrogen and oxygen atoms in total. The summed E-state index contributed by atoms with van der Waals surface area (Å²) in [5.74, 6) is 0.662. The van der Waals surface area contributed by atoms with E-state index >= 15 is 0 Å². The normalized spacial score (nSPS) is 15.2. The first-order valence-corrected chi connectivity index (χ1v) is 7.92. The third kappa shape index (κ3) is 3.00. The number of hydrogen-bond acceptors (Lipinski definition) is 4. The number of carbonyl (C=O) groups excluding carboxylic acids is 1. The third-order valence-electron chi connectivity index (χ3n) is 4.24. The van der Waals surface area contributed by atoms with Gasteiger partial charge in [-0.2, -0.15) is 0 Å². The number of ether oxygens (including phenoxy) is 1. The number of phenolic OH excluding ortho intramolecular Hbond substituents is 1. The number of benzene rings is 2. The van der Waals surface area contributed by atoms with Gasteiger partial charge in [0.1, 0.15) is 17.3 Å². The summed E-state index contributed by atoms with van der Waals surface area (Å²) >= 11 is 0. The fraction of sp³-hybridized carbons (Fsp3) is 0.250. The van der Waals surface area contributed by atoms with Crippen LogP contribution in [0.25, 0.3) is 6.08 Å². The highest BCUT2D eigenvalue weighted by Gasteiger charge is 2.31. The molecule has 0 saturated heterocycles. The van der Waals surface area contributed by atoms with E-state index in [4.69, 9.17) is 4.74 Å². The molecule has 1 aliphatic heterocycles. The van der Waals surface area contributed by atoms with Crippen LogP contribution in [0.5, 0.6) is 11.5 Å². The van der Waals surface area contributed by atoms with Crippen LogP contribution < -0.4 is 4.74 Å². The molecule has 0 fully saturated rings. The number of hydrogen-bond donors (Lipinski definition) is 2. The van der Waals surface area contributed by atoms with Gasteiger partial charge in [-0.1, -0.05) is 36.4 Å². The van der Waals surface area contributed by atoms with Gasteiger partial charge in [-0.15, -0.1) is 0 Å². The first-order valence-electron chi connectivity index (χ1n) is 7.92. The number of ketones is 1. The van der Waals surface area contributed by atoms with Gasteiger partial charge in [0.05, 0.1) is 5.56 Å². The van der Waals surface area contributed by atoms with E-state index in [1.165, 1.54) is 6.08 Å². The molecule has 4 heteroatoms. The van der Waals surface area contributed by atoms with Crippen LogP contribution >= 0.6 is 0 Å². The van der Waals surface area contributed by atoms with E-state index in [-0.39, 0.29) is 17.3 Å². The van der Waals surface area contributed by atoms with Crippen molar-refractivity contribution in [1.82, 2.24) is 0 Å². The van der Waals surface area contributed by atoms with E-state index in [2.05, 4.69) is 0 Å². The number of rotatable bonds is 4. The van der Waals surface area contributed by atoms with Crippen molar-refractivity contribution in [3.05, 3.63) is 64.9 Å². The fourth-order valence-electron chi connectivity index (χ4n) is 2.72. The van der Waals surface area contributed by atoms with Crippen LogP contribution in [0.2, 0.25) is 0 Å². The van der Waals surface area contributed by atoms with Gasteiger partial charge >= 0.3 is 0 Å². The standard InChI is InChI=1S/C20H20O4/c1-20(2)18(22)12-15-17(24-20)11-9-14(19(15)23)8-10-16(21)13-6-4-3-5-7-13/h3-7,9,11-12,22-23H,8,10H2,1-2H3. The lowest BCUT2D eigenvalue weighted by Crippen LogP contribution is -2.33. The van der Waals surface area contributed by atoms with Gasteiger partial charge in [-0.3, -0.25) is 4.79 Å². The quantitative estimate of drug-likeness (QED) is 0.824. The van der Waals surface area contributed by atoms with Crippen molar-refractivity contribution in [1.29, 1.82) is 0 Å². The molecule has 2 aromatic carbocycles. The molecule has 0 radical (unpaired) electrons. The molecular formula is C20H20O4. The maximum atomic E-state index is 12.2. The number of fused-ring (bicyclic) bond motifs is 1. The highest BCUT2D eigenvalue weighted by Crippen LogP contribution is 2.40. The Morgan fingerprint density at radius 2 is 1.79 bits per heavy atom. The summed E-state index contributed by atoms with van der Waals surface area (Å²) < 4.78 is 5.72. The summed E-state index contributed by atoms with van der Waals surface area (Å²) in [5.41, 5.74) is 0.962. The average Bonchev–Trinajstić information content (AvgIpc) is 2.56.